The molecular formula is C16H20N2O2. The number of carbonyl (C=O) groups is 1. The van der Waals surface area contributed by atoms with Crippen molar-refractivity contribution in [2.45, 2.75) is 44.2 Å². The number of furan rings is 1. The Morgan fingerprint density at radius 3 is 2.85 bits per heavy atom. The summed E-state index contributed by atoms with van der Waals surface area (Å²) in [6, 6.07) is 9.52. The molecule has 1 aliphatic carbocycles. The van der Waals surface area contributed by atoms with E-state index >= 15 is 0 Å². The number of nitrogens with one attached hydrogen (secondary N) is 1. The molecule has 1 aliphatic rings. The lowest BCUT2D eigenvalue weighted by Crippen LogP contribution is -2.46. The second-order valence-corrected chi connectivity index (χ2v) is 5.53. The standard InChI is InChI=1S/C16H20N2O2/c17-12-7-2-1-3-8-13(12)18-16(19)15-10-11-6-4-5-9-14(11)20-15/h4-6,9-10,12-13H,1-3,7-8,17H2,(H,18,19). The molecule has 106 valence electrons. The van der Waals surface area contributed by atoms with Crippen LogP contribution in [0.5, 0.6) is 0 Å². The van der Waals surface area contributed by atoms with Crippen LogP contribution in [0.1, 0.15) is 42.7 Å². The number of rotatable bonds is 2. The highest BCUT2D eigenvalue weighted by atomic mass is 16.3. The van der Waals surface area contributed by atoms with Crippen molar-refractivity contribution < 1.29 is 9.21 Å². The Hall–Kier alpha value is -1.81. The molecule has 2 unspecified atom stereocenters. The van der Waals surface area contributed by atoms with Crippen molar-refractivity contribution >= 4 is 16.9 Å². The monoisotopic (exact) mass is 272 g/mol. The van der Waals surface area contributed by atoms with Crippen LogP contribution in [0, 0.1) is 0 Å². The van der Waals surface area contributed by atoms with E-state index in [-0.39, 0.29) is 18.0 Å². The van der Waals surface area contributed by atoms with Crippen molar-refractivity contribution in [1.29, 1.82) is 0 Å². The highest BCUT2D eigenvalue weighted by molar-refractivity contribution is 5.96. The minimum atomic E-state index is -0.163. The van der Waals surface area contributed by atoms with Crippen molar-refractivity contribution in [2.75, 3.05) is 0 Å². The molecule has 2 aromatic rings. The van der Waals surface area contributed by atoms with Gasteiger partial charge < -0.3 is 15.5 Å². The minimum absolute atomic E-state index is 0.0471. The first kappa shape index (κ1) is 13.2. The molecule has 1 aromatic heterocycles. The van der Waals surface area contributed by atoms with Crippen molar-refractivity contribution in [1.82, 2.24) is 5.32 Å². The normalized spacial score (nSPS) is 23.4. The van der Waals surface area contributed by atoms with E-state index in [1.54, 1.807) is 6.07 Å². The number of para-hydroxylation sites is 1. The Balaban J connectivity index is 1.74. The first-order valence-corrected chi connectivity index (χ1v) is 7.29. The molecular weight excluding hydrogens is 252 g/mol. The number of carbonyl (C=O) groups excluding carboxylic acids is 1. The molecule has 3 N–H and O–H groups in total. The predicted molar refractivity (Wildman–Crippen MR) is 78.5 cm³/mol. The zero-order valence-electron chi connectivity index (χ0n) is 11.5. The average molecular weight is 272 g/mol. The summed E-state index contributed by atoms with van der Waals surface area (Å²) in [6.07, 6.45) is 5.40. The lowest BCUT2D eigenvalue weighted by Gasteiger charge is -2.22. The summed E-state index contributed by atoms with van der Waals surface area (Å²) in [4.78, 5) is 12.3. The zero-order valence-corrected chi connectivity index (χ0v) is 11.5. The average Bonchev–Trinajstić information content (AvgIpc) is 2.79. The van der Waals surface area contributed by atoms with Gasteiger partial charge in [-0.2, -0.15) is 0 Å². The molecule has 1 amide bonds. The van der Waals surface area contributed by atoms with E-state index in [0.717, 1.165) is 36.7 Å². The van der Waals surface area contributed by atoms with Gasteiger partial charge in [0.25, 0.3) is 5.91 Å². The van der Waals surface area contributed by atoms with Gasteiger partial charge in [0.1, 0.15) is 5.58 Å². The van der Waals surface area contributed by atoms with Gasteiger partial charge in [0.05, 0.1) is 0 Å². The maximum atomic E-state index is 12.3. The molecule has 4 nitrogen and oxygen atoms in total. The van der Waals surface area contributed by atoms with Crippen LogP contribution >= 0.6 is 0 Å². The van der Waals surface area contributed by atoms with E-state index < -0.39 is 0 Å². The third-order valence-electron chi connectivity index (χ3n) is 4.04. The second kappa shape index (κ2) is 5.67. The Bertz CT molecular complexity index is 572. The molecule has 0 radical (unpaired) electrons. The lowest BCUT2D eigenvalue weighted by atomic mass is 10.0. The molecule has 20 heavy (non-hydrogen) atoms. The van der Waals surface area contributed by atoms with Crippen molar-refractivity contribution in [3.63, 3.8) is 0 Å². The summed E-state index contributed by atoms with van der Waals surface area (Å²) in [5.74, 6) is 0.200. The molecule has 0 aliphatic heterocycles. The largest absolute Gasteiger partial charge is 0.451 e. The number of benzene rings is 1. The van der Waals surface area contributed by atoms with Gasteiger partial charge in [-0.15, -0.1) is 0 Å². The van der Waals surface area contributed by atoms with Crippen LogP contribution < -0.4 is 11.1 Å². The van der Waals surface area contributed by atoms with E-state index in [1.165, 1.54) is 6.42 Å². The van der Waals surface area contributed by atoms with E-state index in [1.807, 2.05) is 24.3 Å². The molecule has 1 saturated carbocycles. The highest BCUT2D eigenvalue weighted by Gasteiger charge is 2.23. The number of hydrogen-bond acceptors (Lipinski definition) is 3. The van der Waals surface area contributed by atoms with Gasteiger partial charge in [-0.05, 0) is 25.0 Å². The van der Waals surface area contributed by atoms with Crippen LogP contribution in [0.3, 0.4) is 0 Å². The van der Waals surface area contributed by atoms with E-state index in [4.69, 9.17) is 10.2 Å². The summed E-state index contributed by atoms with van der Waals surface area (Å²) in [5, 5.41) is 3.98. The maximum absolute atomic E-state index is 12.3. The summed E-state index contributed by atoms with van der Waals surface area (Å²) in [6.45, 7) is 0. The van der Waals surface area contributed by atoms with Gasteiger partial charge in [-0.3, -0.25) is 4.79 Å². The molecule has 4 heteroatoms. The molecule has 3 rings (SSSR count). The van der Waals surface area contributed by atoms with Gasteiger partial charge in [0.15, 0.2) is 5.76 Å². The first-order valence-electron chi connectivity index (χ1n) is 7.29. The number of amides is 1. The third kappa shape index (κ3) is 2.70. The number of nitrogens with two attached hydrogens (primary N) is 1. The fourth-order valence-corrected chi connectivity index (χ4v) is 2.85. The van der Waals surface area contributed by atoms with E-state index in [0.29, 0.717) is 5.76 Å². The topological polar surface area (TPSA) is 68.3 Å². The Kier molecular flexibility index (Phi) is 3.74. The van der Waals surface area contributed by atoms with Gasteiger partial charge in [0.2, 0.25) is 0 Å². The third-order valence-corrected chi connectivity index (χ3v) is 4.04. The van der Waals surface area contributed by atoms with Crippen LogP contribution in [0.25, 0.3) is 11.0 Å². The Labute approximate surface area is 118 Å². The van der Waals surface area contributed by atoms with Crippen molar-refractivity contribution in [2.24, 2.45) is 5.73 Å². The molecule has 0 spiro atoms. The van der Waals surface area contributed by atoms with Crippen LogP contribution in [0.4, 0.5) is 0 Å². The Morgan fingerprint density at radius 2 is 2.00 bits per heavy atom. The summed E-state index contributed by atoms with van der Waals surface area (Å²) >= 11 is 0. The molecule has 1 aromatic carbocycles. The van der Waals surface area contributed by atoms with Crippen molar-refractivity contribution in [3.05, 3.63) is 36.1 Å². The summed E-state index contributed by atoms with van der Waals surface area (Å²) in [7, 11) is 0. The molecule has 1 heterocycles. The Morgan fingerprint density at radius 1 is 1.20 bits per heavy atom. The smallest absolute Gasteiger partial charge is 0.287 e. The SMILES string of the molecule is NC1CCCCCC1NC(=O)c1cc2ccccc2o1. The van der Waals surface area contributed by atoms with Gasteiger partial charge in [0, 0.05) is 17.5 Å². The fourth-order valence-electron chi connectivity index (χ4n) is 2.85. The van der Waals surface area contributed by atoms with Gasteiger partial charge in [-0.25, -0.2) is 0 Å². The molecule has 1 fully saturated rings. The van der Waals surface area contributed by atoms with Crippen LogP contribution in [-0.2, 0) is 0 Å². The molecule has 0 bridgehead atoms. The maximum Gasteiger partial charge on any atom is 0.287 e. The van der Waals surface area contributed by atoms with Crippen LogP contribution in [-0.4, -0.2) is 18.0 Å². The number of hydrogen-bond donors (Lipinski definition) is 2. The number of fused-ring (bicyclic) bond motifs is 1. The predicted octanol–water partition coefficient (Wildman–Crippen LogP) is 2.82. The molecule has 2 atom stereocenters. The van der Waals surface area contributed by atoms with Crippen LogP contribution in [0.2, 0.25) is 0 Å². The highest BCUT2D eigenvalue weighted by Crippen LogP contribution is 2.20. The first-order chi connectivity index (χ1) is 9.74. The van der Waals surface area contributed by atoms with Crippen LogP contribution in [0.15, 0.2) is 34.7 Å². The summed E-state index contributed by atoms with van der Waals surface area (Å²) in [5.41, 5.74) is 6.87. The van der Waals surface area contributed by atoms with E-state index in [9.17, 15) is 4.79 Å². The summed E-state index contributed by atoms with van der Waals surface area (Å²) < 4.78 is 5.58. The lowest BCUT2D eigenvalue weighted by molar-refractivity contribution is 0.0903. The quantitative estimate of drug-likeness (QED) is 0.826. The minimum Gasteiger partial charge on any atom is -0.451 e. The fraction of sp³-hybridized carbons (Fsp3) is 0.438. The van der Waals surface area contributed by atoms with Gasteiger partial charge >= 0.3 is 0 Å². The van der Waals surface area contributed by atoms with E-state index in [2.05, 4.69) is 5.32 Å². The molecule has 0 saturated heterocycles. The van der Waals surface area contributed by atoms with Gasteiger partial charge in [-0.1, -0.05) is 37.5 Å². The zero-order chi connectivity index (χ0) is 13.9. The van der Waals surface area contributed by atoms with Crippen molar-refractivity contribution in [3.8, 4) is 0 Å². The second-order valence-electron chi connectivity index (χ2n) is 5.53.